The smallest absolute Gasteiger partial charge is 0.409 e. The van der Waals surface area contributed by atoms with E-state index in [-0.39, 0.29) is 18.5 Å². The molecule has 2 N–H and O–H groups in total. The summed E-state index contributed by atoms with van der Waals surface area (Å²) in [5.74, 6) is 0.357. The van der Waals surface area contributed by atoms with Crippen molar-refractivity contribution >= 4 is 17.8 Å². The largest absolute Gasteiger partial charge is 0.453 e. The molecule has 0 spiro atoms. The summed E-state index contributed by atoms with van der Waals surface area (Å²) in [7, 11) is 1.35. The number of nitrogen functional groups attached to an aromatic ring is 1. The maximum absolute atomic E-state index is 12.0. The van der Waals surface area contributed by atoms with Crippen molar-refractivity contribution in [1.29, 1.82) is 0 Å². The Kier molecular flexibility index (Phi) is 3.88. The fourth-order valence-electron chi connectivity index (χ4n) is 1.97. The lowest BCUT2D eigenvalue weighted by atomic mass is 10.3. The van der Waals surface area contributed by atoms with E-state index < -0.39 is 0 Å². The van der Waals surface area contributed by atoms with Crippen LogP contribution >= 0.6 is 0 Å². The molecule has 1 fully saturated rings. The highest BCUT2D eigenvalue weighted by Crippen LogP contribution is 2.05. The molecule has 1 aliphatic heterocycles. The monoisotopic (exact) mass is 267 g/mol. The van der Waals surface area contributed by atoms with E-state index >= 15 is 0 Å². The summed E-state index contributed by atoms with van der Waals surface area (Å²) in [6.07, 6.45) is 1.31. The van der Waals surface area contributed by atoms with Crippen LogP contribution in [0, 0.1) is 0 Å². The molecule has 0 saturated carbocycles. The molecule has 2 amide bonds. The van der Waals surface area contributed by atoms with Gasteiger partial charge in [-0.3, -0.25) is 9.48 Å². The van der Waals surface area contributed by atoms with Crippen LogP contribution in [-0.4, -0.2) is 64.9 Å². The first-order chi connectivity index (χ1) is 9.10. The van der Waals surface area contributed by atoms with Crippen LogP contribution in [0.2, 0.25) is 0 Å². The van der Waals surface area contributed by atoms with Gasteiger partial charge in [-0.25, -0.2) is 4.79 Å². The van der Waals surface area contributed by atoms with Gasteiger partial charge in [0.25, 0.3) is 0 Å². The van der Waals surface area contributed by atoms with Crippen LogP contribution in [0.25, 0.3) is 0 Å². The molecule has 1 aromatic rings. The highest BCUT2D eigenvalue weighted by molar-refractivity contribution is 5.76. The van der Waals surface area contributed by atoms with Gasteiger partial charge in [0.05, 0.1) is 7.11 Å². The molecule has 8 nitrogen and oxygen atoms in total. The van der Waals surface area contributed by atoms with Gasteiger partial charge >= 0.3 is 6.09 Å². The minimum atomic E-state index is -0.355. The second-order valence-corrected chi connectivity index (χ2v) is 4.28. The number of carbonyl (C=O) groups excluding carboxylic acids is 2. The highest BCUT2D eigenvalue weighted by Gasteiger charge is 2.24. The third-order valence-electron chi connectivity index (χ3n) is 3.02. The van der Waals surface area contributed by atoms with E-state index in [1.165, 1.54) is 11.8 Å². The van der Waals surface area contributed by atoms with E-state index in [0.717, 1.165) is 0 Å². The van der Waals surface area contributed by atoms with E-state index in [0.29, 0.717) is 32.0 Å². The highest BCUT2D eigenvalue weighted by atomic mass is 16.5. The predicted molar refractivity (Wildman–Crippen MR) is 67.2 cm³/mol. The fraction of sp³-hybridized carbons (Fsp3) is 0.545. The standard InChI is InChI=1S/C11H17N5O3/c1-19-11(18)15-6-4-14(5-7-15)10(17)8-16-3-2-9(12)13-16/h2-3H,4-8H2,1H3,(H2,12,13). The van der Waals surface area contributed by atoms with Crippen LogP contribution in [0.3, 0.4) is 0 Å². The van der Waals surface area contributed by atoms with Gasteiger partial charge in [-0.15, -0.1) is 0 Å². The fourth-order valence-corrected chi connectivity index (χ4v) is 1.97. The van der Waals surface area contributed by atoms with E-state index in [1.54, 1.807) is 22.1 Å². The Labute approximate surface area is 110 Å². The number of piperazine rings is 1. The molecule has 2 heterocycles. The molecule has 1 aromatic heterocycles. The zero-order chi connectivity index (χ0) is 13.8. The van der Waals surface area contributed by atoms with Crippen molar-refractivity contribution < 1.29 is 14.3 Å². The number of aromatic nitrogens is 2. The topological polar surface area (TPSA) is 93.7 Å². The van der Waals surface area contributed by atoms with Crippen LogP contribution in [0.5, 0.6) is 0 Å². The molecule has 8 heteroatoms. The number of rotatable bonds is 2. The minimum Gasteiger partial charge on any atom is -0.453 e. The number of amides is 2. The van der Waals surface area contributed by atoms with Gasteiger partial charge < -0.3 is 20.3 Å². The maximum Gasteiger partial charge on any atom is 0.409 e. The van der Waals surface area contributed by atoms with Crippen LogP contribution in [0.15, 0.2) is 12.3 Å². The average molecular weight is 267 g/mol. The molecule has 0 aromatic carbocycles. The van der Waals surface area contributed by atoms with Gasteiger partial charge in [-0.05, 0) is 6.07 Å². The first-order valence-electron chi connectivity index (χ1n) is 6.00. The third-order valence-corrected chi connectivity index (χ3v) is 3.02. The average Bonchev–Trinajstić information content (AvgIpc) is 2.83. The molecule has 0 aliphatic carbocycles. The summed E-state index contributed by atoms with van der Waals surface area (Å²) in [6, 6.07) is 1.64. The number of nitrogens with two attached hydrogens (primary N) is 1. The third kappa shape index (κ3) is 3.15. The quantitative estimate of drug-likeness (QED) is 0.770. The molecule has 2 rings (SSSR count). The van der Waals surface area contributed by atoms with E-state index in [4.69, 9.17) is 5.73 Å². The first kappa shape index (κ1) is 13.2. The molecule has 0 bridgehead atoms. The van der Waals surface area contributed by atoms with E-state index in [9.17, 15) is 9.59 Å². The number of hydrogen-bond acceptors (Lipinski definition) is 5. The normalized spacial score (nSPS) is 15.4. The zero-order valence-electron chi connectivity index (χ0n) is 10.8. The second-order valence-electron chi connectivity index (χ2n) is 4.28. The number of hydrogen-bond donors (Lipinski definition) is 1. The molecule has 0 unspecified atom stereocenters. The lowest BCUT2D eigenvalue weighted by Gasteiger charge is -2.33. The Morgan fingerprint density at radius 3 is 2.47 bits per heavy atom. The molecule has 0 radical (unpaired) electrons. The Balaban J connectivity index is 1.84. The summed E-state index contributed by atoms with van der Waals surface area (Å²) in [4.78, 5) is 26.6. The van der Waals surface area contributed by atoms with Crippen LogP contribution in [0.4, 0.5) is 10.6 Å². The molecular weight excluding hydrogens is 250 g/mol. The Morgan fingerprint density at radius 1 is 1.32 bits per heavy atom. The molecule has 0 atom stereocenters. The van der Waals surface area contributed by atoms with Gasteiger partial charge in [-0.2, -0.15) is 5.10 Å². The predicted octanol–water partition coefficient (Wildman–Crippen LogP) is -0.624. The number of anilines is 1. The molecule has 104 valence electrons. The Morgan fingerprint density at radius 2 is 1.95 bits per heavy atom. The van der Waals surface area contributed by atoms with Crippen molar-refractivity contribution in [2.45, 2.75) is 6.54 Å². The summed E-state index contributed by atoms with van der Waals surface area (Å²) < 4.78 is 6.14. The number of methoxy groups -OCH3 is 1. The van der Waals surface area contributed by atoms with Crippen LogP contribution < -0.4 is 5.73 Å². The van der Waals surface area contributed by atoms with Crippen molar-refractivity contribution in [2.24, 2.45) is 0 Å². The van der Waals surface area contributed by atoms with E-state index in [1.807, 2.05) is 0 Å². The van der Waals surface area contributed by atoms with Crippen molar-refractivity contribution in [3.05, 3.63) is 12.3 Å². The van der Waals surface area contributed by atoms with Crippen LogP contribution in [0.1, 0.15) is 0 Å². The van der Waals surface area contributed by atoms with Crippen molar-refractivity contribution in [1.82, 2.24) is 19.6 Å². The van der Waals surface area contributed by atoms with Gasteiger partial charge in [-0.1, -0.05) is 0 Å². The summed E-state index contributed by atoms with van der Waals surface area (Å²) >= 11 is 0. The number of carbonyl (C=O) groups is 2. The minimum absolute atomic E-state index is 0.0346. The van der Waals surface area contributed by atoms with E-state index in [2.05, 4.69) is 9.84 Å². The first-order valence-corrected chi connectivity index (χ1v) is 6.00. The zero-order valence-corrected chi connectivity index (χ0v) is 10.8. The summed E-state index contributed by atoms with van der Waals surface area (Å²) in [5, 5.41) is 3.96. The molecule has 19 heavy (non-hydrogen) atoms. The van der Waals surface area contributed by atoms with Crippen LogP contribution in [-0.2, 0) is 16.1 Å². The van der Waals surface area contributed by atoms with Gasteiger partial charge in [0, 0.05) is 32.4 Å². The van der Waals surface area contributed by atoms with Crippen molar-refractivity contribution in [3.8, 4) is 0 Å². The summed E-state index contributed by atoms with van der Waals surface area (Å²) in [5.41, 5.74) is 5.48. The molecule has 1 saturated heterocycles. The van der Waals surface area contributed by atoms with Gasteiger partial charge in [0.15, 0.2) is 0 Å². The van der Waals surface area contributed by atoms with Gasteiger partial charge in [0.1, 0.15) is 12.4 Å². The molecular formula is C11H17N5O3. The van der Waals surface area contributed by atoms with Crippen molar-refractivity contribution in [3.63, 3.8) is 0 Å². The summed E-state index contributed by atoms with van der Waals surface area (Å²) in [6.45, 7) is 2.14. The maximum atomic E-state index is 12.0. The SMILES string of the molecule is COC(=O)N1CCN(C(=O)Cn2ccc(N)n2)CC1. The lowest BCUT2D eigenvalue weighted by Crippen LogP contribution is -2.51. The molecule has 1 aliphatic rings. The Bertz CT molecular complexity index is 465. The van der Waals surface area contributed by atoms with Crippen molar-refractivity contribution in [2.75, 3.05) is 39.0 Å². The number of ether oxygens (including phenoxy) is 1. The number of nitrogens with zero attached hydrogens (tertiary/aromatic N) is 4. The second kappa shape index (κ2) is 5.59. The lowest BCUT2D eigenvalue weighted by molar-refractivity contribution is -0.133. The van der Waals surface area contributed by atoms with Gasteiger partial charge in [0.2, 0.25) is 5.91 Å². The Hall–Kier alpha value is -2.25.